The van der Waals surface area contributed by atoms with Gasteiger partial charge in [0.2, 0.25) is 0 Å². The number of guanidine groups is 1. The third-order valence-corrected chi connectivity index (χ3v) is 6.30. The summed E-state index contributed by atoms with van der Waals surface area (Å²) in [5.41, 5.74) is 0.447. The van der Waals surface area contributed by atoms with E-state index < -0.39 is 11.6 Å². The first kappa shape index (κ1) is 19.9. The Morgan fingerprint density at radius 1 is 1.44 bits per heavy atom. The number of nitrogens with one attached hydrogen (secondary N) is 2. The number of nitrogens with zero attached hydrogens (tertiary/aromatic N) is 3. The van der Waals surface area contributed by atoms with Crippen molar-refractivity contribution in [2.75, 3.05) is 37.3 Å². The molecule has 3 rings (SSSR count). The lowest BCUT2D eigenvalue weighted by atomic mass is 10.2. The molecule has 1 aliphatic rings. The molecule has 0 radical (unpaired) electrons. The maximum Gasteiger partial charge on any atom is 0.191 e. The van der Waals surface area contributed by atoms with Crippen molar-refractivity contribution in [3.05, 3.63) is 41.4 Å². The van der Waals surface area contributed by atoms with Crippen LogP contribution in [0.25, 0.3) is 0 Å². The van der Waals surface area contributed by atoms with Gasteiger partial charge in [-0.15, -0.1) is 11.3 Å². The second kappa shape index (κ2) is 9.89. The summed E-state index contributed by atoms with van der Waals surface area (Å²) in [4.78, 5) is 10.4. The maximum atomic E-state index is 14.0. The topological polar surface area (TPSA) is 52.6 Å². The van der Waals surface area contributed by atoms with Gasteiger partial charge in [0, 0.05) is 56.1 Å². The predicted octanol–water partition coefficient (Wildman–Crippen LogP) is 3.35. The third-order valence-electron chi connectivity index (χ3n) is 4.25. The standard InChI is InChI=1S/C18H23F2N5S2/c1-21-17(22-6-2-9-26-18-23-7-10-27-18)24-14-5-8-25(12-14)16-4-3-13(19)11-15(16)20/h3-4,7,10-11,14H,2,5-6,8-9,12H2,1H3,(H2,21,22,24). The van der Waals surface area contributed by atoms with E-state index in [2.05, 4.69) is 20.6 Å². The number of aliphatic imine (C=N–C) groups is 1. The number of thiazole rings is 1. The molecule has 1 aromatic heterocycles. The van der Waals surface area contributed by atoms with Crippen molar-refractivity contribution in [2.45, 2.75) is 23.2 Å². The van der Waals surface area contributed by atoms with E-state index in [1.165, 1.54) is 12.1 Å². The highest BCUT2D eigenvalue weighted by molar-refractivity contribution is 8.00. The van der Waals surface area contributed by atoms with Crippen LogP contribution in [-0.2, 0) is 0 Å². The van der Waals surface area contributed by atoms with E-state index in [0.29, 0.717) is 12.2 Å². The van der Waals surface area contributed by atoms with Crippen molar-refractivity contribution >= 4 is 34.7 Å². The van der Waals surface area contributed by atoms with E-state index in [4.69, 9.17) is 0 Å². The van der Waals surface area contributed by atoms with Gasteiger partial charge < -0.3 is 15.5 Å². The number of rotatable bonds is 7. The third kappa shape index (κ3) is 5.80. The Kier molecular flexibility index (Phi) is 7.28. The monoisotopic (exact) mass is 411 g/mol. The fraction of sp³-hybridized carbons (Fsp3) is 0.444. The molecule has 2 N–H and O–H groups in total. The summed E-state index contributed by atoms with van der Waals surface area (Å²) in [5.74, 6) is 0.678. The van der Waals surface area contributed by atoms with E-state index in [1.807, 2.05) is 16.5 Å². The normalized spacial score (nSPS) is 17.4. The average Bonchev–Trinajstić information content (AvgIpc) is 3.32. The lowest BCUT2D eigenvalue weighted by Crippen LogP contribution is -2.45. The van der Waals surface area contributed by atoms with Crippen molar-refractivity contribution in [1.82, 2.24) is 15.6 Å². The zero-order valence-corrected chi connectivity index (χ0v) is 16.8. The van der Waals surface area contributed by atoms with Gasteiger partial charge in [-0.1, -0.05) is 11.8 Å². The molecule has 1 fully saturated rings. The van der Waals surface area contributed by atoms with Gasteiger partial charge in [-0.05, 0) is 25.0 Å². The molecule has 146 valence electrons. The van der Waals surface area contributed by atoms with Crippen molar-refractivity contribution in [3.63, 3.8) is 0 Å². The first-order valence-electron chi connectivity index (χ1n) is 8.85. The maximum absolute atomic E-state index is 14.0. The first-order valence-corrected chi connectivity index (χ1v) is 10.7. The second-order valence-electron chi connectivity index (χ2n) is 6.17. The molecule has 9 heteroatoms. The molecule has 1 aliphatic heterocycles. The molecule has 0 spiro atoms. The SMILES string of the molecule is CN=C(NCCCSc1nccs1)NC1CCN(c2ccc(F)cc2F)C1. The molecule has 0 aliphatic carbocycles. The number of aromatic nitrogens is 1. The minimum absolute atomic E-state index is 0.172. The molecule has 0 saturated carbocycles. The van der Waals surface area contributed by atoms with Crippen molar-refractivity contribution < 1.29 is 8.78 Å². The van der Waals surface area contributed by atoms with Crippen LogP contribution in [0.15, 0.2) is 39.1 Å². The number of benzene rings is 1. The fourth-order valence-corrected chi connectivity index (χ4v) is 4.59. The minimum Gasteiger partial charge on any atom is -0.367 e. The number of halogens is 2. The van der Waals surface area contributed by atoms with Crippen molar-refractivity contribution in [3.8, 4) is 0 Å². The molecule has 1 unspecified atom stereocenters. The van der Waals surface area contributed by atoms with Crippen molar-refractivity contribution in [1.29, 1.82) is 0 Å². The van der Waals surface area contributed by atoms with Gasteiger partial charge in [0.05, 0.1) is 5.69 Å². The zero-order valence-electron chi connectivity index (χ0n) is 15.1. The Bertz CT molecular complexity index is 754. The first-order chi connectivity index (χ1) is 13.2. The second-order valence-corrected chi connectivity index (χ2v) is 8.41. The summed E-state index contributed by atoms with van der Waals surface area (Å²) in [6.07, 6.45) is 3.69. The summed E-state index contributed by atoms with van der Waals surface area (Å²) in [6, 6.07) is 3.90. The van der Waals surface area contributed by atoms with E-state index in [0.717, 1.165) is 48.0 Å². The van der Waals surface area contributed by atoms with Gasteiger partial charge in [-0.25, -0.2) is 13.8 Å². The van der Waals surface area contributed by atoms with Crippen LogP contribution < -0.4 is 15.5 Å². The Morgan fingerprint density at radius 3 is 3.07 bits per heavy atom. The van der Waals surface area contributed by atoms with E-state index >= 15 is 0 Å². The van der Waals surface area contributed by atoms with Crippen LogP contribution in [0.2, 0.25) is 0 Å². The highest BCUT2D eigenvalue weighted by Gasteiger charge is 2.25. The molecular weight excluding hydrogens is 388 g/mol. The van der Waals surface area contributed by atoms with Crippen LogP contribution in [0.5, 0.6) is 0 Å². The van der Waals surface area contributed by atoms with Gasteiger partial charge in [0.15, 0.2) is 5.96 Å². The molecule has 0 bridgehead atoms. The van der Waals surface area contributed by atoms with Gasteiger partial charge in [-0.2, -0.15) is 0 Å². The number of anilines is 1. The molecule has 1 atom stereocenters. The molecule has 2 aromatic rings. The molecule has 1 saturated heterocycles. The Labute approximate surface area is 166 Å². The van der Waals surface area contributed by atoms with Crippen LogP contribution in [0.1, 0.15) is 12.8 Å². The van der Waals surface area contributed by atoms with E-state index in [9.17, 15) is 8.78 Å². The van der Waals surface area contributed by atoms with Crippen LogP contribution >= 0.6 is 23.1 Å². The lowest BCUT2D eigenvalue weighted by Gasteiger charge is -2.21. The Balaban J connectivity index is 1.39. The number of hydrogen-bond donors (Lipinski definition) is 2. The number of hydrogen-bond acceptors (Lipinski definition) is 5. The highest BCUT2D eigenvalue weighted by atomic mass is 32.2. The van der Waals surface area contributed by atoms with Crippen LogP contribution in [0.4, 0.5) is 14.5 Å². The molecular formula is C18H23F2N5S2. The largest absolute Gasteiger partial charge is 0.367 e. The predicted molar refractivity (Wildman–Crippen MR) is 109 cm³/mol. The van der Waals surface area contributed by atoms with Crippen molar-refractivity contribution in [2.24, 2.45) is 4.99 Å². The molecule has 5 nitrogen and oxygen atoms in total. The van der Waals surface area contributed by atoms with Crippen LogP contribution in [0.3, 0.4) is 0 Å². The van der Waals surface area contributed by atoms with Gasteiger partial charge >= 0.3 is 0 Å². The quantitative estimate of drug-likeness (QED) is 0.317. The molecule has 2 heterocycles. The highest BCUT2D eigenvalue weighted by Crippen LogP contribution is 2.24. The fourth-order valence-electron chi connectivity index (χ4n) is 2.94. The summed E-state index contributed by atoms with van der Waals surface area (Å²) in [7, 11) is 1.74. The lowest BCUT2D eigenvalue weighted by molar-refractivity contribution is 0.580. The number of thioether (sulfide) groups is 1. The summed E-state index contributed by atoms with van der Waals surface area (Å²) < 4.78 is 28.1. The van der Waals surface area contributed by atoms with Gasteiger partial charge in [0.1, 0.15) is 16.0 Å². The smallest absolute Gasteiger partial charge is 0.191 e. The molecule has 1 aromatic carbocycles. The van der Waals surface area contributed by atoms with E-state index in [1.54, 1.807) is 30.1 Å². The average molecular weight is 412 g/mol. The molecule has 0 amide bonds. The summed E-state index contributed by atoms with van der Waals surface area (Å²) >= 11 is 3.41. The summed E-state index contributed by atoms with van der Waals surface area (Å²) in [5, 5.41) is 8.68. The van der Waals surface area contributed by atoms with Crippen LogP contribution in [-0.4, -0.2) is 49.4 Å². The van der Waals surface area contributed by atoms with E-state index in [-0.39, 0.29) is 6.04 Å². The minimum atomic E-state index is -0.553. The molecule has 27 heavy (non-hydrogen) atoms. The van der Waals surface area contributed by atoms with Crippen LogP contribution in [0, 0.1) is 11.6 Å². The van der Waals surface area contributed by atoms with Gasteiger partial charge in [0.25, 0.3) is 0 Å². The Morgan fingerprint density at radius 2 is 2.33 bits per heavy atom. The summed E-state index contributed by atoms with van der Waals surface area (Å²) in [6.45, 7) is 2.20. The zero-order chi connectivity index (χ0) is 19.1. The van der Waals surface area contributed by atoms with Gasteiger partial charge in [-0.3, -0.25) is 4.99 Å². The Hall–Kier alpha value is -1.87.